The number of rotatable bonds is 6. The second kappa shape index (κ2) is 7.51. The van der Waals surface area contributed by atoms with Crippen LogP contribution in [-0.4, -0.2) is 18.2 Å². The molecule has 1 aromatic rings. The Hall–Kier alpha value is -1.06. The third-order valence-electron chi connectivity index (χ3n) is 3.29. The van der Waals surface area contributed by atoms with Crippen molar-refractivity contribution in [2.24, 2.45) is 5.92 Å². The molecule has 0 spiro atoms. The van der Waals surface area contributed by atoms with Gasteiger partial charge >= 0.3 is 5.97 Å². The molecule has 2 atom stereocenters. The lowest BCUT2D eigenvalue weighted by Crippen LogP contribution is -2.23. The molecule has 0 saturated heterocycles. The van der Waals surface area contributed by atoms with Gasteiger partial charge < -0.3 is 9.84 Å². The fourth-order valence-electron chi connectivity index (χ4n) is 2.01. The molecule has 0 saturated carbocycles. The zero-order valence-corrected chi connectivity index (χ0v) is 12.4. The van der Waals surface area contributed by atoms with E-state index < -0.39 is 12.0 Å². The fraction of sp³-hybridized carbons (Fsp3) is 0.533. The maximum Gasteiger partial charge on any atom is 0.311 e. The van der Waals surface area contributed by atoms with Gasteiger partial charge in [-0.15, -0.1) is 0 Å². The predicted octanol–water partition coefficient (Wildman–Crippen LogP) is 3.66. The number of ether oxygens (including phenoxy) is 1. The topological polar surface area (TPSA) is 46.5 Å². The number of hydrogen-bond donors (Lipinski definition) is 1. The van der Waals surface area contributed by atoms with Crippen LogP contribution in [0.25, 0.3) is 0 Å². The van der Waals surface area contributed by atoms with Crippen LogP contribution in [0.3, 0.4) is 0 Å². The molecule has 0 amide bonds. The molecule has 4 heteroatoms. The van der Waals surface area contributed by atoms with Crippen molar-refractivity contribution in [2.45, 2.75) is 39.2 Å². The van der Waals surface area contributed by atoms with Crippen molar-refractivity contribution in [2.75, 3.05) is 7.11 Å². The van der Waals surface area contributed by atoms with Gasteiger partial charge in [-0.3, -0.25) is 4.79 Å². The molecule has 0 aliphatic carbocycles. The number of aliphatic hydroxyl groups is 1. The first-order valence-electron chi connectivity index (χ1n) is 6.53. The molecular formula is C15H21ClO3. The maximum atomic E-state index is 11.8. The zero-order chi connectivity index (χ0) is 14.4. The van der Waals surface area contributed by atoms with Crippen LogP contribution in [-0.2, 0) is 9.53 Å². The molecule has 106 valence electrons. The second-order valence-corrected chi connectivity index (χ2v) is 5.13. The molecule has 0 aromatic heterocycles. The van der Waals surface area contributed by atoms with Crippen LogP contribution in [0.5, 0.6) is 0 Å². The molecule has 0 heterocycles. The first-order chi connectivity index (χ1) is 9.01. The smallest absolute Gasteiger partial charge is 0.311 e. The minimum absolute atomic E-state index is 0.377. The Labute approximate surface area is 119 Å². The molecule has 0 radical (unpaired) electrons. The highest BCUT2D eigenvalue weighted by Gasteiger charge is 2.28. The Morgan fingerprint density at radius 1 is 1.47 bits per heavy atom. The normalized spacial score (nSPS) is 13.9. The van der Waals surface area contributed by atoms with E-state index in [4.69, 9.17) is 16.3 Å². The standard InChI is InChI=1S/C15H21ClO3/c1-4-5-6-12(15(18)19-3)14(17)11-8-7-10(2)13(16)9-11/h7-9,12,14,17H,4-6H2,1-3H3. The summed E-state index contributed by atoms with van der Waals surface area (Å²) >= 11 is 6.05. The molecule has 1 aromatic carbocycles. The molecule has 1 N–H and O–H groups in total. The van der Waals surface area contributed by atoms with Crippen LogP contribution in [0.2, 0.25) is 5.02 Å². The van der Waals surface area contributed by atoms with Gasteiger partial charge in [-0.25, -0.2) is 0 Å². The van der Waals surface area contributed by atoms with Gasteiger partial charge in [0.1, 0.15) is 0 Å². The average molecular weight is 285 g/mol. The number of unbranched alkanes of at least 4 members (excludes halogenated alkanes) is 1. The van der Waals surface area contributed by atoms with Gasteiger partial charge in [0.05, 0.1) is 19.1 Å². The van der Waals surface area contributed by atoms with E-state index >= 15 is 0 Å². The SMILES string of the molecule is CCCCC(C(=O)OC)C(O)c1ccc(C)c(Cl)c1. The third-order valence-corrected chi connectivity index (χ3v) is 3.70. The lowest BCUT2D eigenvalue weighted by molar-refractivity contribution is -0.150. The Balaban J connectivity index is 2.93. The molecule has 1 rings (SSSR count). The van der Waals surface area contributed by atoms with Gasteiger partial charge in [-0.05, 0) is 30.5 Å². The van der Waals surface area contributed by atoms with Crippen LogP contribution < -0.4 is 0 Å². The van der Waals surface area contributed by atoms with E-state index in [1.54, 1.807) is 12.1 Å². The molecule has 3 nitrogen and oxygen atoms in total. The van der Waals surface area contributed by atoms with Crippen molar-refractivity contribution in [3.05, 3.63) is 34.3 Å². The first-order valence-corrected chi connectivity index (χ1v) is 6.91. The van der Waals surface area contributed by atoms with Crippen LogP contribution in [0.1, 0.15) is 43.4 Å². The summed E-state index contributed by atoms with van der Waals surface area (Å²) < 4.78 is 4.77. The fourth-order valence-corrected chi connectivity index (χ4v) is 2.19. The van der Waals surface area contributed by atoms with Crippen LogP contribution in [0.15, 0.2) is 18.2 Å². The lowest BCUT2D eigenvalue weighted by Gasteiger charge is -2.21. The summed E-state index contributed by atoms with van der Waals surface area (Å²) in [5, 5.41) is 11.0. The highest BCUT2D eigenvalue weighted by molar-refractivity contribution is 6.31. The number of benzene rings is 1. The van der Waals surface area contributed by atoms with Gasteiger partial charge in [-0.1, -0.05) is 43.5 Å². The summed E-state index contributed by atoms with van der Waals surface area (Å²) in [4.78, 5) is 11.8. The Morgan fingerprint density at radius 3 is 2.68 bits per heavy atom. The Bertz CT molecular complexity index is 431. The van der Waals surface area contributed by atoms with Crippen molar-refractivity contribution in [1.29, 1.82) is 0 Å². The summed E-state index contributed by atoms with van der Waals surface area (Å²) in [6.45, 7) is 3.94. The minimum atomic E-state index is -0.878. The quantitative estimate of drug-likeness (QED) is 0.811. The lowest BCUT2D eigenvalue weighted by atomic mass is 9.91. The van der Waals surface area contributed by atoms with E-state index in [-0.39, 0.29) is 5.97 Å². The summed E-state index contributed by atoms with van der Waals surface area (Å²) in [7, 11) is 1.34. The van der Waals surface area contributed by atoms with Crippen LogP contribution in [0.4, 0.5) is 0 Å². The molecule has 2 unspecified atom stereocenters. The summed E-state index contributed by atoms with van der Waals surface area (Å²) in [6, 6.07) is 5.35. The number of methoxy groups -OCH3 is 1. The van der Waals surface area contributed by atoms with E-state index in [1.165, 1.54) is 7.11 Å². The van der Waals surface area contributed by atoms with Crippen molar-refractivity contribution < 1.29 is 14.6 Å². The molecule has 0 aliphatic rings. The molecule has 19 heavy (non-hydrogen) atoms. The number of carbonyl (C=O) groups excluding carboxylic acids is 1. The zero-order valence-electron chi connectivity index (χ0n) is 11.6. The monoisotopic (exact) mass is 284 g/mol. The Morgan fingerprint density at radius 2 is 2.16 bits per heavy atom. The van der Waals surface area contributed by atoms with Gasteiger partial charge in [-0.2, -0.15) is 0 Å². The number of aryl methyl sites for hydroxylation is 1. The molecule has 0 aliphatic heterocycles. The summed E-state index contributed by atoms with van der Waals surface area (Å²) in [5.74, 6) is -0.915. The van der Waals surface area contributed by atoms with E-state index in [2.05, 4.69) is 0 Å². The van der Waals surface area contributed by atoms with Gasteiger partial charge in [0.25, 0.3) is 0 Å². The van der Waals surface area contributed by atoms with Gasteiger partial charge in [0.15, 0.2) is 0 Å². The molecule has 0 fully saturated rings. The van der Waals surface area contributed by atoms with E-state index in [0.717, 1.165) is 18.4 Å². The number of carbonyl (C=O) groups is 1. The van der Waals surface area contributed by atoms with Crippen LogP contribution >= 0.6 is 11.6 Å². The van der Waals surface area contributed by atoms with Crippen molar-refractivity contribution in [3.63, 3.8) is 0 Å². The van der Waals surface area contributed by atoms with Crippen molar-refractivity contribution in [3.8, 4) is 0 Å². The van der Waals surface area contributed by atoms with Gasteiger partial charge in [0.2, 0.25) is 0 Å². The minimum Gasteiger partial charge on any atom is -0.469 e. The number of hydrogen-bond acceptors (Lipinski definition) is 3. The number of esters is 1. The molecular weight excluding hydrogens is 264 g/mol. The van der Waals surface area contributed by atoms with E-state index in [0.29, 0.717) is 17.0 Å². The second-order valence-electron chi connectivity index (χ2n) is 4.73. The highest BCUT2D eigenvalue weighted by Crippen LogP contribution is 2.30. The predicted molar refractivity (Wildman–Crippen MR) is 76.2 cm³/mol. The average Bonchev–Trinajstić information content (AvgIpc) is 2.41. The summed E-state index contributed by atoms with van der Waals surface area (Å²) in [6.07, 6.45) is 1.57. The number of halogens is 1. The van der Waals surface area contributed by atoms with Crippen molar-refractivity contribution >= 4 is 17.6 Å². The first kappa shape index (κ1) is 16.0. The highest BCUT2D eigenvalue weighted by atomic mass is 35.5. The summed E-state index contributed by atoms with van der Waals surface area (Å²) in [5.41, 5.74) is 1.60. The molecule has 0 bridgehead atoms. The maximum absolute atomic E-state index is 11.8. The number of aliphatic hydroxyl groups excluding tert-OH is 1. The largest absolute Gasteiger partial charge is 0.469 e. The van der Waals surface area contributed by atoms with E-state index in [1.807, 2.05) is 19.9 Å². The van der Waals surface area contributed by atoms with Gasteiger partial charge in [0, 0.05) is 5.02 Å². The van der Waals surface area contributed by atoms with E-state index in [9.17, 15) is 9.90 Å². The Kier molecular flexibility index (Phi) is 6.32. The third kappa shape index (κ3) is 4.22. The van der Waals surface area contributed by atoms with Crippen molar-refractivity contribution in [1.82, 2.24) is 0 Å². The van der Waals surface area contributed by atoms with Crippen LogP contribution in [0, 0.1) is 12.8 Å².